The van der Waals surface area contributed by atoms with Gasteiger partial charge in [0.05, 0.1) is 11.5 Å². The standard InChI is InChI=1S/C26H30F3NO3/c1-17-11-18(13-30-14-21(15-30)25(31)32)7-8-20(17)16-33-22-9-10-23(19-5-3-2-4-6-19)24(12-22)26(27,28)29/h7-12,19,21H,2-6,13-16H2,1H3,(H,31,32). The number of aryl methyl sites for hydroxylation is 1. The van der Waals surface area contributed by atoms with Crippen LogP contribution < -0.4 is 4.74 Å². The maximum Gasteiger partial charge on any atom is 0.416 e. The van der Waals surface area contributed by atoms with Gasteiger partial charge < -0.3 is 9.84 Å². The number of carbonyl (C=O) groups is 1. The van der Waals surface area contributed by atoms with Gasteiger partial charge in [0.15, 0.2) is 0 Å². The number of hydrogen-bond donors (Lipinski definition) is 1. The first-order valence-corrected chi connectivity index (χ1v) is 11.6. The lowest BCUT2D eigenvalue weighted by Gasteiger charge is -2.36. The van der Waals surface area contributed by atoms with Gasteiger partial charge in [0, 0.05) is 19.6 Å². The van der Waals surface area contributed by atoms with Crippen molar-refractivity contribution in [2.45, 2.75) is 64.3 Å². The van der Waals surface area contributed by atoms with Gasteiger partial charge in [0.1, 0.15) is 12.4 Å². The number of alkyl halides is 3. The molecule has 1 aliphatic heterocycles. The molecule has 2 fully saturated rings. The van der Waals surface area contributed by atoms with E-state index in [-0.39, 0.29) is 24.2 Å². The summed E-state index contributed by atoms with van der Waals surface area (Å²) >= 11 is 0. The molecule has 1 saturated heterocycles. The van der Waals surface area contributed by atoms with Gasteiger partial charge >= 0.3 is 12.1 Å². The Morgan fingerprint density at radius 2 is 1.82 bits per heavy atom. The fourth-order valence-electron chi connectivity index (χ4n) is 4.93. The van der Waals surface area contributed by atoms with Crippen LogP contribution in [0.2, 0.25) is 0 Å². The predicted molar refractivity (Wildman–Crippen MR) is 119 cm³/mol. The Labute approximate surface area is 192 Å². The lowest BCUT2D eigenvalue weighted by molar-refractivity contribution is -0.147. The Morgan fingerprint density at radius 1 is 1.09 bits per heavy atom. The molecule has 33 heavy (non-hydrogen) atoms. The number of rotatable bonds is 7. The second-order valence-corrected chi connectivity index (χ2v) is 9.36. The Bertz CT molecular complexity index is 993. The normalized spacial score (nSPS) is 18.2. The number of hydrogen-bond acceptors (Lipinski definition) is 3. The van der Waals surface area contributed by atoms with E-state index in [0.29, 0.717) is 25.2 Å². The number of aliphatic carboxylic acids is 1. The second-order valence-electron chi connectivity index (χ2n) is 9.36. The van der Waals surface area contributed by atoms with Crippen LogP contribution >= 0.6 is 0 Å². The summed E-state index contributed by atoms with van der Waals surface area (Å²) in [6.45, 7) is 3.93. The van der Waals surface area contributed by atoms with Gasteiger partial charge in [0.25, 0.3) is 0 Å². The molecule has 4 rings (SSSR count). The Kier molecular flexibility index (Phi) is 6.98. The zero-order valence-electron chi connectivity index (χ0n) is 18.8. The predicted octanol–water partition coefficient (Wildman–Crippen LogP) is 6.16. The van der Waals surface area contributed by atoms with Crippen molar-refractivity contribution in [1.29, 1.82) is 0 Å². The minimum atomic E-state index is -4.40. The SMILES string of the molecule is Cc1cc(CN2CC(C(=O)O)C2)ccc1COc1ccc(C2CCCCC2)c(C(F)(F)F)c1. The molecule has 2 aromatic carbocycles. The highest BCUT2D eigenvalue weighted by Crippen LogP contribution is 2.42. The van der Waals surface area contributed by atoms with Crippen molar-refractivity contribution in [1.82, 2.24) is 4.90 Å². The van der Waals surface area contributed by atoms with Crippen molar-refractivity contribution in [2.24, 2.45) is 5.92 Å². The summed E-state index contributed by atoms with van der Waals surface area (Å²) in [6, 6.07) is 10.3. The van der Waals surface area contributed by atoms with Crippen LogP contribution in [0.5, 0.6) is 5.75 Å². The first-order chi connectivity index (χ1) is 15.7. The van der Waals surface area contributed by atoms with Crippen molar-refractivity contribution < 1.29 is 27.8 Å². The summed E-state index contributed by atoms with van der Waals surface area (Å²) in [5.41, 5.74) is 2.81. The van der Waals surface area contributed by atoms with E-state index in [1.807, 2.05) is 25.1 Å². The van der Waals surface area contributed by atoms with E-state index in [0.717, 1.165) is 54.9 Å². The highest BCUT2D eigenvalue weighted by atomic mass is 19.4. The number of likely N-dealkylation sites (tertiary alicyclic amines) is 1. The molecule has 0 atom stereocenters. The van der Waals surface area contributed by atoms with Crippen LogP contribution in [0.15, 0.2) is 36.4 Å². The van der Waals surface area contributed by atoms with E-state index >= 15 is 0 Å². The third-order valence-electron chi connectivity index (χ3n) is 6.89. The molecule has 0 radical (unpaired) electrons. The molecule has 1 aliphatic carbocycles. The maximum atomic E-state index is 13.8. The fraction of sp³-hybridized carbons (Fsp3) is 0.500. The van der Waals surface area contributed by atoms with Gasteiger partial charge in [-0.15, -0.1) is 0 Å². The molecular weight excluding hydrogens is 431 g/mol. The Morgan fingerprint density at radius 3 is 2.45 bits per heavy atom. The smallest absolute Gasteiger partial charge is 0.416 e. The van der Waals surface area contributed by atoms with Crippen molar-refractivity contribution in [3.63, 3.8) is 0 Å². The minimum Gasteiger partial charge on any atom is -0.489 e. The van der Waals surface area contributed by atoms with Crippen LogP contribution in [0.1, 0.15) is 65.8 Å². The van der Waals surface area contributed by atoms with Crippen molar-refractivity contribution in [3.8, 4) is 5.75 Å². The molecule has 1 heterocycles. The first kappa shape index (κ1) is 23.6. The number of nitrogens with zero attached hydrogens (tertiary/aromatic N) is 1. The van der Waals surface area contributed by atoms with Crippen LogP contribution in [0.4, 0.5) is 13.2 Å². The van der Waals surface area contributed by atoms with E-state index in [2.05, 4.69) is 4.90 Å². The highest BCUT2D eigenvalue weighted by Gasteiger charge is 2.36. The molecule has 4 nitrogen and oxygen atoms in total. The fourth-order valence-corrected chi connectivity index (χ4v) is 4.93. The zero-order valence-corrected chi connectivity index (χ0v) is 18.8. The van der Waals surface area contributed by atoms with Gasteiger partial charge in [-0.2, -0.15) is 13.2 Å². The van der Waals surface area contributed by atoms with Crippen LogP contribution in [-0.4, -0.2) is 29.1 Å². The highest BCUT2D eigenvalue weighted by molar-refractivity contribution is 5.71. The van der Waals surface area contributed by atoms with Crippen LogP contribution in [0.3, 0.4) is 0 Å². The molecule has 178 valence electrons. The summed E-state index contributed by atoms with van der Waals surface area (Å²) < 4.78 is 47.1. The molecule has 7 heteroatoms. The van der Waals surface area contributed by atoms with E-state index < -0.39 is 17.7 Å². The molecule has 0 bridgehead atoms. The van der Waals surface area contributed by atoms with Gasteiger partial charge in [-0.1, -0.05) is 43.5 Å². The largest absolute Gasteiger partial charge is 0.489 e. The summed E-state index contributed by atoms with van der Waals surface area (Å²) in [7, 11) is 0. The minimum absolute atomic E-state index is 0.0311. The number of benzene rings is 2. The van der Waals surface area contributed by atoms with Gasteiger partial charge in [0.2, 0.25) is 0 Å². The van der Waals surface area contributed by atoms with E-state index in [9.17, 15) is 18.0 Å². The summed E-state index contributed by atoms with van der Waals surface area (Å²) in [5.74, 6) is -0.845. The molecule has 0 spiro atoms. The quantitative estimate of drug-likeness (QED) is 0.537. The van der Waals surface area contributed by atoms with E-state index in [1.165, 1.54) is 0 Å². The van der Waals surface area contributed by atoms with Gasteiger partial charge in [-0.25, -0.2) is 0 Å². The van der Waals surface area contributed by atoms with Crippen LogP contribution in [-0.2, 0) is 24.1 Å². The van der Waals surface area contributed by atoms with Crippen LogP contribution in [0.25, 0.3) is 0 Å². The molecule has 1 saturated carbocycles. The summed E-state index contributed by atoms with van der Waals surface area (Å²) in [5, 5.41) is 8.99. The summed E-state index contributed by atoms with van der Waals surface area (Å²) in [6.07, 6.45) is 0.269. The molecule has 0 amide bonds. The molecule has 0 aromatic heterocycles. The monoisotopic (exact) mass is 461 g/mol. The number of halogens is 3. The number of ether oxygens (including phenoxy) is 1. The molecule has 2 aromatic rings. The summed E-state index contributed by atoms with van der Waals surface area (Å²) in [4.78, 5) is 13.0. The zero-order chi connectivity index (χ0) is 23.6. The maximum absolute atomic E-state index is 13.8. The second kappa shape index (κ2) is 9.75. The third-order valence-corrected chi connectivity index (χ3v) is 6.89. The van der Waals surface area contributed by atoms with Crippen molar-refractivity contribution >= 4 is 5.97 Å². The van der Waals surface area contributed by atoms with E-state index in [4.69, 9.17) is 9.84 Å². The number of carboxylic acids is 1. The van der Waals surface area contributed by atoms with Crippen molar-refractivity contribution in [2.75, 3.05) is 13.1 Å². The van der Waals surface area contributed by atoms with E-state index in [1.54, 1.807) is 12.1 Å². The average molecular weight is 462 g/mol. The van der Waals surface area contributed by atoms with Crippen molar-refractivity contribution in [3.05, 3.63) is 64.2 Å². The van der Waals surface area contributed by atoms with Crippen LogP contribution in [0, 0.1) is 12.8 Å². The molecule has 2 aliphatic rings. The Hall–Kier alpha value is -2.54. The lowest BCUT2D eigenvalue weighted by atomic mass is 9.82. The third kappa shape index (κ3) is 5.69. The first-order valence-electron chi connectivity index (χ1n) is 11.6. The number of carboxylic acid groups (broad SMARTS) is 1. The molecular formula is C26H30F3NO3. The molecule has 1 N–H and O–H groups in total. The molecule has 0 unspecified atom stereocenters. The van der Waals surface area contributed by atoms with Gasteiger partial charge in [-0.05, 0) is 60.1 Å². The topological polar surface area (TPSA) is 49.8 Å². The Balaban J connectivity index is 1.40. The lowest BCUT2D eigenvalue weighted by Crippen LogP contribution is -2.49. The van der Waals surface area contributed by atoms with Gasteiger partial charge in [-0.3, -0.25) is 9.69 Å². The average Bonchev–Trinajstić information content (AvgIpc) is 2.75.